The molecule has 2 aliphatic carbocycles. The average Bonchev–Trinajstić information content (AvgIpc) is 4.15. The van der Waals surface area contributed by atoms with E-state index in [-0.39, 0.29) is 49.7 Å². The molecule has 0 bridgehead atoms. The topological polar surface area (TPSA) is 88.5 Å². The Balaban J connectivity index is 0.000000203. The van der Waals surface area contributed by atoms with E-state index in [0.717, 1.165) is 65.7 Å². The van der Waals surface area contributed by atoms with Crippen LogP contribution in [-0.2, 0) is 47.2 Å². The summed E-state index contributed by atoms with van der Waals surface area (Å²) < 4.78 is 95.4. The minimum Gasteiger partial charge on any atom is -0.508 e. The lowest BCUT2D eigenvalue weighted by atomic mass is 10.00. The number of ether oxygens (including phenoxy) is 3. The molecule has 15 heteroatoms. The number of rotatable bonds is 6. The highest BCUT2D eigenvalue weighted by Crippen LogP contribution is 2.47. The fourth-order valence-electron chi connectivity index (χ4n) is 7.98. The highest BCUT2D eigenvalue weighted by molar-refractivity contribution is 6.17. The summed E-state index contributed by atoms with van der Waals surface area (Å²) in [6.45, 7) is 16.0. The fourth-order valence-corrected chi connectivity index (χ4v) is 8.14. The van der Waals surface area contributed by atoms with Gasteiger partial charge in [-0.1, -0.05) is 31.7 Å². The van der Waals surface area contributed by atoms with Gasteiger partial charge in [-0.3, -0.25) is 9.80 Å². The largest absolute Gasteiger partial charge is 0.508 e. The maximum atomic E-state index is 13.5. The van der Waals surface area contributed by atoms with Gasteiger partial charge in [0.1, 0.15) is 29.3 Å². The summed E-state index contributed by atoms with van der Waals surface area (Å²) in [5, 5.41) is 9.66. The van der Waals surface area contributed by atoms with Crippen molar-refractivity contribution in [1.29, 1.82) is 0 Å². The molecule has 1 N–H and O–H groups in total. The van der Waals surface area contributed by atoms with Crippen molar-refractivity contribution in [2.75, 3.05) is 22.9 Å². The van der Waals surface area contributed by atoms with E-state index in [9.17, 15) is 41.0 Å². The molecule has 66 heavy (non-hydrogen) atoms. The van der Waals surface area contributed by atoms with Crippen LogP contribution in [0.1, 0.15) is 142 Å². The van der Waals surface area contributed by atoms with Gasteiger partial charge in [-0.05, 0) is 187 Å². The molecule has 2 heterocycles. The van der Waals surface area contributed by atoms with Gasteiger partial charge in [-0.25, -0.2) is 9.59 Å². The number of phenols is 1. The van der Waals surface area contributed by atoms with E-state index >= 15 is 0 Å². The first-order valence-corrected chi connectivity index (χ1v) is 22.3. The molecule has 2 amide bonds. The highest BCUT2D eigenvalue weighted by Gasteiger charge is 2.40. The van der Waals surface area contributed by atoms with Gasteiger partial charge in [0.15, 0.2) is 0 Å². The Bertz CT molecular complexity index is 2400. The molecule has 4 aliphatic rings. The maximum absolute atomic E-state index is 13.5. The van der Waals surface area contributed by atoms with Crippen LogP contribution >= 0.6 is 11.6 Å². The number of halogens is 7. The van der Waals surface area contributed by atoms with Crippen LogP contribution in [0.15, 0.2) is 60.7 Å². The fraction of sp³-hybridized carbons (Fsp3) is 0.490. The van der Waals surface area contributed by atoms with E-state index in [0.29, 0.717) is 47.5 Å². The smallest absolute Gasteiger partial charge is 0.416 e. The normalized spacial score (nSPS) is 15.6. The second-order valence-corrected chi connectivity index (χ2v) is 19.2. The molecule has 0 saturated heterocycles. The number of benzene rings is 4. The molecule has 8 rings (SSSR count). The third kappa shape index (κ3) is 12.9. The Morgan fingerprint density at radius 3 is 1.50 bits per heavy atom. The van der Waals surface area contributed by atoms with E-state index in [1.54, 1.807) is 52.3 Å². The number of carbonyl (C=O) groups excluding carboxylic acids is 2. The molecular weight excluding hydrogens is 886 g/mol. The average molecular weight is 947 g/mol. The van der Waals surface area contributed by atoms with Gasteiger partial charge in [0.2, 0.25) is 0 Å². The number of hydrogen-bond donors (Lipinski definition) is 1. The standard InChI is InChI=1S/C25H28F3NO3.C14H19NO3.C11H10ClF3.CH4/c1-15-18-11-12-29(23(30)32-24(2,3)4)21(18)9-10-22(15)31-14-16-5-8-19(17-6-7-17)20(13-16)25(26,27)28;1-9-10-7-8-15(11(10)5-6-12(9)16)13(17)18-14(2,3)4;12-6-7-1-4-9(8-2-3-8)10(5-7)11(13,14)15;/h5,8-10,13,17H,6-7,11-12,14H2,1-4H3;5-6,16H,7-8H2,1-4H3;1,4-5,8H,2-3,6H2;1H4. The number of hydrogen-bond acceptors (Lipinski definition) is 6. The number of phenolic OH excluding ortho intramolecular Hbond substituents is 1. The maximum Gasteiger partial charge on any atom is 0.416 e. The molecule has 2 aliphatic heterocycles. The van der Waals surface area contributed by atoms with E-state index in [1.807, 2.05) is 61.5 Å². The molecule has 360 valence electrons. The van der Waals surface area contributed by atoms with Gasteiger partial charge in [0, 0.05) is 19.0 Å². The Hall–Kier alpha value is -5.11. The molecule has 0 radical (unpaired) electrons. The van der Waals surface area contributed by atoms with Gasteiger partial charge in [0.25, 0.3) is 0 Å². The summed E-state index contributed by atoms with van der Waals surface area (Å²) in [5.74, 6) is 1.13. The van der Waals surface area contributed by atoms with Crippen LogP contribution in [0.5, 0.6) is 11.5 Å². The monoisotopic (exact) mass is 946 g/mol. The van der Waals surface area contributed by atoms with Crippen LogP contribution in [-0.4, -0.2) is 41.6 Å². The number of fused-ring (bicyclic) bond motifs is 2. The van der Waals surface area contributed by atoms with Crippen LogP contribution in [0.25, 0.3) is 0 Å². The quantitative estimate of drug-likeness (QED) is 0.153. The lowest BCUT2D eigenvalue weighted by Crippen LogP contribution is -2.35. The van der Waals surface area contributed by atoms with Gasteiger partial charge >= 0.3 is 24.5 Å². The Morgan fingerprint density at radius 1 is 0.652 bits per heavy atom. The first kappa shape index (κ1) is 51.9. The first-order valence-electron chi connectivity index (χ1n) is 21.8. The second kappa shape index (κ2) is 20.0. The van der Waals surface area contributed by atoms with Gasteiger partial charge in [0.05, 0.1) is 22.5 Å². The molecule has 0 atom stereocenters. The Labute approximate surface area is 389 Å². The van der Waals surface area contributed by atoms with Crippen LogP contribution in [0.3, 0.4) is 0 Å². The van der Waals surface area contributed by atoms with Crippen molar-refractivity contribution in [3.8, 4) is 11.5 Å². The number of nitrogens with zero attached hydrogens (tertiary/aromatic N) is 2. The number of alkyl halides is 7. The molecule has 4 aromatic carbocycles. The van der Waals surface area contributed by atoms with Crippen molar-refractivity contribution in [3.63, 3.8) is 0 Å². The van der Waals surface area contributed by atoms with Crippen molar-refractivity contribution >= 4 is 35.2 Å². The zero-order chi connectivity index (χ0) is 47.8. The summed E-state index contributed by atoms with van der Waals surface area (Å²) >= 11 is 5.53. The molecular formula is C51H61ClF6N2O6. The van der Waals surface area contributed by atoms with Crippen LogP contribution in [0.4, 0.5) is 47.3 Å². The predicted octanol–water partition coefficient (Wildman–Crippen LogP) is 14.7. The minimum atomic E-state index is -4.37. The minimum absolute atomic E-state index is 0. The highest BCUT2D eigenvalue weighted by atomic mass is 35.5. The van der Waals surface area contributed by atoms with Crippen molar-refractivity contribution in [1.82, 2.24) is 0 Å². The number of amides is 2. The molecule has 2 saturated carbocycles. The summed E-state index contributed by atoms with van der Waals surface area (Å²) in [6.07, 6.45) is -4.57. The SMILES string of the molecule is C.Cc1c(O)ccc2c1CCN2C(=O)OC(C)(C)C.Cc1c(OCc2ccc(C3CC3)c(C(F)(F)F)c2)ccc2c1CCN2C(=O)OC(C)(C)C.FC(F)(F)c1cc(CCl)ccc1C1CC1. The zero-order valence-corrected chi connectivity index (χ0v) is 38.8. The van der Waals surface area contributed by atoms with Crippen molar-refractivity contribution < 1.29 is 55.2 Å². The molecule has 0 aromatic heterocycles. The van der Waals surface area contributed by atoms with E-state index in [4.69, 9.17) is 25.8 Å². The summed E-state index contributed by atoms with van der Waals surface area (Å²) in [6, 6.07) is 15.9. The lowest BCUT2D eigenvalue weighted by Gasteiger charge is -2.25. The second-order valence-electron chi connectivity index (χ2n) is 19.0. The molecule has 4 aromatic rings. The Kier molecular flexibility index (Phi) is 15.7. The lowest BCUT2D eigenvalue weighted by molar-refractivity contribution is -0.139. The first-order chi connectivity index (χ1) is 30.3. The molecule has 0 spiro atoms. The van der Waals surface area contributed by atoms with E-state index in [1.165, 1.54) is 12.1 Å². The molecule has 8 nitrogen and oxygen atoms in total. The van der Waals surface area contributed by atoms with Gasteiger partial charge in [-0.15, -0.1) is 11.6 Å². The van der Waals surface area contributed by atoms with Crippen LogP contribution in [0.2, 0.25) is 0 Å². The molecule has 2 fully saturated rings. The van der Waals surface area contributed by atoms with Crippen molar-refractivity contribution in [3.05, 3.63) is 116 Å². The number of anilines is 2. The summed E-state index contributed by atoms with van der Waals surface area (Å²) in [5.41, 5.74) is 5.07. The Morgan fingerprint density at radius 2 is 1.08 bits per heavy atom. The van der Waals surface area contributed by atoms with Crippen LogP contribution < -0.4 is 14.5 Å². The number of aromatic hydroxyl groups is 1. The van der Waals surface area contributed by atoms with Crippen molar-refractivity contribution in [2.24, 2.45) is 0 Å². The summed E-state index contributed by atoms with van der Waals surface area (Å²) in [4.78, 5) is 27.8. The zero-order valence-electron chi connectivity index (χ0n) is 38.0. The van der Waals surface area contributed by atoms with Gasteiger partial charge in [-0.2, -0.15) is 26.3 Å². The van der Waals surface area contributed by atoms with Crippen LogP contribution in [0, 0.1) is 13.8 Å². The van der Waals surface area contributed by atoms with Gasteiger partial charge < -0.3 is 19.3 Å². The third-order valence-corrected chi connectivity index (χ3v) is 11.8. The number of carbonyl (C=O) groups is 2. The molecule has 0 unspecified atom stereocenters. The van der Waals surface area contributed by atoms with Crippen molar-refractivity contribution in [2.45, 2.75) is 149 Å². The predicted molar refractivity (Wildman–Crippen MR) is 246 cm³/mol. The summed E-state index contributed by atoms with van der Waals surface area (Å²) in [7, 11) is 0. The van der Waals surface area contributed by atoms with E-state index < -0.39 is 34.7 Å². The van der Waals surface area contributed by atoms with E-state index in [2.05, 4.69) is 0 Å². The third-order valence-electron chi connectivity index (χ3n) is 11.5.